The van der Waals surface area contributed by atoms with Crippen molar-refractivity contribution in [2.24, 2.45) is 0 Å². The zero-order valence-corrected chi connectivity index (χ0v) is 11.0. The summed E-state index contributed by atoms with van der Waals surface area (Å²) in [7, 11) is 3.62. The Morgan fingerprint density at radius 3 is 1.43 bits per heavy atom. The van der Waals surface area contributed by atoms with Crippen LogP contribution in [-0.2, 0) is 9.47 Å². The van der Waals surface area contributed by atoms with Gasteiger partial charge in [-0.3, -0.25) is 0 Å². The van der Waals surface area contributed by atoms with Gasteiger partial charge in [-0.25, -0.2) is 0 Å². The van der Waals surface area contributed by atoms with E-state index in [1.807, 2.05) is 21.6 Å². The largest absolute Gasteiger partial charge is 0.364 e. The summed E-state index contributed by atoms with van der Waals surface area (Å²) in [6.45, 7) is 8.34. The first-order valence-corrected chi connectivity index (χ1v) is 7.48. The zero-order chi connectivity index (χ0) is 10.6. The van der Waals surface area contributed by atoms with Gasteiger partial charge in [0, 0.05) is 0 Å². The average Bonchev–Trinajstić information content (AvgIpc) is 2.06. The Morgan fingerprint density at radius 1 is 0.857 bits per heavy atom. The second kappa shape index (κ2) is 6.26. The van der Waals surface area contributed by atoms with Gasteiger partial charge in [-0.15, -0.1) is 0 Å². The zero-order valence-electron chi connectivity index (χ0n) is 9.36. The minimum absolute atomic E-state index is 0.329. The average molecular weight is 236 g/mol. The van der Waals surface area contributed by atoms with Crippen molar-refractivity contribution in [1.82, 2.24) is 0 Å². The molecule has 0 amide bonds. The topological polar surface area (TPSA) is 18.5 Å². The smallest absolute Gasteiger partial charge is 0.113 e. The molecule has 0 aliphatic carbocycles. The van der Waals surface area contributed by atoms with E-state index in [4.69, 9.17) is 9.47 Å². The summed E-state index contributed by atoms with van der Waals surface area (Å²) in [4.78, 5) is 0. The van der Waals surface area contributed by atoms with Gasteiger partial charge in [0.1, 0.15) is 10.9 Å². The molecular formula is C10H20O2S2. The molecule has 0 spiro atoms. The van der Waals surface area contributed by atoms with Crippen LogP contribution >= 0.6 is 21.6 Å². The third-order valence-corrected chi connectivity index (χ3v) is 4.61. The maximum absolute atomic E-state index is 5.73. The molecule has 84 valence electrons. The van der Waals surface area contributed by atoms with E-state index in [0.29, 0.717) is 23.1 Å². The van der Waals surface area contributed by atoms with Crippen molar-refractivity contribution in [3.63, 3.8) is 0 Å². The van der Waals surface area contributed by atoms with Crippen LogP contribution in [0.2, 0.25) is 0 Å². The van der Waals surface area contributed by atoms with Gasteiger partial charge < -0.3 is 9.47 Å². The predicted molar refractivity (Wildman–Crippen MR) is 64.4 cm³/mol. The SMILES string of the molecule is CC(C)OC1CCC(OC(C)C)SS1. The summed E-state index contributed by atoms with van der Waals surface area (Å²) in [5.74, 6) is 0. The standard InChI is InChI=1S/C10H20O2S2/c1-7(2)11-9-5-6-10(14-13-9)12-8(3)4/h7-10H,5-6H2,1-4H3. The Bertz CT molecular complexity index is 136. The fourth-order valence-corrected chi connectivity index (χ4v) is 4.12. The molecule has 1 heterocycles. The second-order valence-electron chi connectivity index (χ2n) is 4.00. The number of hydrogen-bond acceptors (Lipinski definition) is 4. The highest BCUT2D eigenvalue weighted by molar-refractivity contribution is 8.77. The highest BCUT2D eigenvalue weighted by atomic mass is 33.1. The van der Waals surface area contributed by atoms with Gasteiger partial charge in [-0.2, -0.15) is 0 Å². The molecule has 1 aliphatic rings. The van der Waals surface area contributed by atoms with E-state index in [2.05, 4.69) is 27.7 Å². The molecule has 0 saturated carbocycles. The summed E-state index contributed by atoms with van der Waals surface area (Å²) >= 11 is 0. The molecule has 1 fully saturated rings. The Morgan fingerprint density at radius 2 is 1.21 bits per heavy atom. The number of ether oxygens (including phenoxy) is 2. The highest BCUT2D eigenvalue weighted by Crippen LogP contribution is 2.42. The van der Waals surface area contributed by atoms with Crippen LogP contribution in [0.1, 0.15) is 40.5 Å². The van der Waals surface area contributed by atoms with Gasteiger partial charge in [0.05, 0.1) is 12.2 Å². The van der Waals surface area contributed by atoms with Crippen LogP contribution in [0.5, 0.6) is 0 Å². The molecule has 2 nitrogen and oxygen atoms in total. The summed E-state index contributed by atoms with van der Waals surface area (Å²) in [5, 5.41) is 0. The van der Waals surface area contributed by atoms with Gasteiger partial charge in [-0.05, 0) is 40.5 Å². The quantitative estimate of drug-likeness (QED) is 0.693. The van der Waals surface area contributed by atoms with Crippen LogP contribution in [0.3, 0.4) is 0 Å². The van der Waals surface area contributed by atoms with Crippen LogP contribution in [0, 0.1) is 0 Å². The van der Waals surface area contributed by atoms with Gasteiger partial charge >= 0.3 is 0 Å². The fourth-order valence-electron chi connectivity index (χ4n) is 1.28. The molecule has 0 aromatic rings. The maximum atomic E-state index is 5.73. The first-order valence-electron chi connectivity index (χ1n) is 5.21. The summed E-state index contributed by atoms with van der Waals surface area (Å²) in [5.41, 5.74) is 0.707. The lowest BCUT2D eigenvalue weighted by Crippen LogP contribution is -2.23. The molecule has 0 aromatic heterocycles. The van der Waals surface area contributed by atoms with Gasteiger partial charge in [0.2, 0.25) is 0 Å². The van der Waals surface area contributed by atoms with Crippen LogP contribution < -0.4 is 0 Å². The first-order chi connectivity index (χ1) is 6.58. The molecule has 1 rings (SSSR count). The molecule has 1 aliphatic heterocycles. The van der Waals surface area contributed by atoms with Crippen molar-refractivity contribution in [1.29, 1.82) is 0 Å². The molecule has 14 heavy (non-hydrogen) atoms. The van der Waals surface area contributed by atoms with Crippen LogP contribution in [0.25, 0.3) is 0 Å². The predicted octanol–water partition coefficient (Wildman–Crippen LogP) is 3.66. The lowest BCUT2D eigenvalue weighted by molar-refractivity contribution is 0.0261. The molecule has 1 saturated heterocycles. The third-order valence-electron chi connectivity index (χ3n) is 1.76. The maximum Gasteiger partial charge on any atom is 0.113 e. The van der Waals surface area contributed by atoms with E-state index >= 15 is 0 Å². The van der Waals surface area contributed by atoms with Crippen molar-refractivity contribution in [3.8, 4) is 0 Å². The van der Waals surface area contributed by atoms with Gasteiger partial charge in [0.25, 0.3) is 0 Å². The molecule has 0 aromatic carbocycles. The molecule has 2 atom stereocenters. The molecule has 0 radical (unpaired) electrons. The molecule has 0 N–H and O–H groups in total. The van der Waals surface area contributed by atoms with E-state index in [0.717, 1.165) is 12.8 Å². The molecular weight excluding hydrogens is 216 g/mol. The minimum Gasteiger partial charge on any atom is -0.364 e. The van der Waals surface area contributed by atoms with E-state index in [1.165, 1.54) is 0 Å². The Hall–Kier alpha value is 0.620. The van der Waals surface area contributed by atoms with Crippen LogP contribution in [0.4, 0.5) is 0 Å². The second-order valence-corrected chi connectivity index (χ2v) is 6.59. The monoisotopic (exact) mass is 236 g/mol. The molecule has 2 unspecified atom stereocenters. The normalized spacial score (nSPS) is 28.7. The van der Waals surface area contributed by atoms with E-state index in [1.54, 1.807) is 0 Å². The van der Waals surface area contributed by atoms with Crippen molar-refractivity contribution in [2.45, 2.75) is 63.6 Å². The fraction of sp³-hybridized carbons (Fsp3) is 1.00. The van der Waals surface area contributed by atoms with Crippen LogP contribution in [0.15, 0.2) is 0 Å². The van der Waals surface area contributed by atoms with Crippen molar-refractivity contribution in [2.75, 3.05) is 0 Å². The number of rotatable bonds is 4. The van der Waals surface area contributed by atoms with E-state index in [9.17, 15) is 0 Å². The Balaban J connectivity index is 2.17. The highest BCUT2D eigenvalue weighted by Gasteiger charge is 2.24. The molecule has 0 bridgehead atoms. The lowest BCUT2D eigenvalue weighted by Gasteiger charge is -2.29. The third kappa shape index (κ3) is 4.91. The van der Waals surface area contributed by atoms with E-state index in [-0.39, 0.29) is 0 Å². The Labute approximate surface area is 94.9 Å². The van der Waals surface area contributed by atoms with Crippen LogP contribution in [-0.4, -0.2) is 23.1 Å². The minimum atomic E-state index is 0.329. The summed E-state index contributed by atoms with van der Waals surface area (Å²) in [6, 6.07) is 0. The number of hydrogen-bond donors (Lipinski definition) is 0. The van der Waals surface area contributed by atoms with Gasteiger partial charge in [0.15, 0.2) is 0 Å². The van der Waals surface area contributed by atoms with Crippen molar-refractivity contribution in [3.05, 3.63) is 0 Å². The van der Waals surface area contributed by atoms with Gasteiger partial charge in [-0.1, -0.05) is 21.6 Å². The summed E-state index contributed by atoms with van der Waals surface area (Å²) < 4.78 is 11.5. The van der Waals surface area contributed by atoms with Crippen molar-refractivity contribution >= 4 is 21.6 Å². The van der Waals surface area contributed by atoms with E-state index < -0.39 is 0 Å². The van der Waals surface area contributed by atoms with Crippen molar-refractivity contribution < 1.29 is 9.47 Å². The Kier molecular flexibility index (Phi) is 5.67. The molecule has 4 heteroatoms. The first kappa shape index (κ1) is 12.7. The lowest BCUT2D eigenvalue weighted by atomic mass is 10.3. The summed E-state index contributed by atoms with van der Waals surface area (Å²) in [6.07, 6.45) is 2.87.